The number of carboxylic acid groups (broad SMARTS) is 1. The van der Waals surface area contributed by atoms with E-state index in [4.69, 9.17) is 9.84 Å². The summed E-state index contributed by atoms with van der Waals surface area (Å²) in [6.07, 6.45) is 2.34. The van der Waals surface area contributed by atoms with Gasteiger partial charge < -0.3 is 20.1 Å². The van der Waals surface area contributed by atoms with Crippen LogP contribution in [0.1, 0.15) is 56.6 Å². The minimum atomic E-state index is -0.899. The molecule has 3 atom stereocenters. The van der Waals surface area contributed by atoms with Crippen molar-refractivity contribution in [1.82, 2.24) is 10.2 Å². The zero-order valence-electron chi connectivity index (χ0n) is 20.4. The molecular weight excluding hydrogens is 444 g/mol. The molecule has 1 unspecified atom stereocenters. The number of carbonyl (C=O) groups is 3. The molecule has 35 heavy (non-hydrogen) atoms. The SMILES string of the molecule is CCN(CC(C)C(=O)O)C(=O)C[C@H]1CC[C@@H](NC(=O)OCC2c3ccccc3-c3ccccc32)C1. The third-order valence-corrected chi connectivity index (χ3v) is 7.32. The molecule has 2 aliphatic carbocycles. The average Bonchev–Trinajstić information content (AvgIpc) is 3.42. The van der Waals surface area contributed by atoms with Crippen LogP contribution in [0.2, 0.25) is 0 Å². The first-order chi connectivity index (χ1) is 16.9. The lowest BCUT2D eigenvalue weighted by atomic mass is 9.98. The van der Waals surface area contributed by atoms with E-state index in [1.807, 2.05) is 31.2 Å². The Balaban J connectivity index is 1.26. The van der Waals surface area contributed by atoms with E-state index >= 15 is 0 Å². The van der Waals surface area contributed by atoms with Crippen LogP contribution < -0.4 is 5.32 Å². The highest BCUT2D eigenvalue weighted by molar-refractivity contribution is 5.79. The van der Waals surface area contributed by atoms with Crippen molar-refractivity contribution in [3.05, 3.63) is 59.7 Å². The molecule has 0 saturated heterocycles. The van der Waals surface area contributed by atoms with Crippen molar-refractivity contribution in [2.75, 3.05) is 19.7 Å². The van der Waals surface area contributed by atoms with Crippen LogP contribution >= 0.6 is 0 Å². The molecular formula is C28H34N2O5. The van der Waals surface area contributed by atoms with E-state index in [2.05, 4.69) is 29.6 Å². The number of amides is 2. The second-order valence-electron chi connectivity index (χ2n) is 9.72. The zero-order valence-corrected chi connectivity index (χ0v) is 20.4. The highest BCUT2D eigenvalue weighted by Crippen LogP contribution is 2.44. The van der Waals surface area contributed by atoms with Crippen molar-refractivity contribution < 1.29 is 24.2 Å². The van der Waals surface area contributed by atoms with Gasteiger partial charge in [0.25, 0.3) is 0 Å². The highest BCUT2D eigenvalue weighted by atomic mass is 16.5. The van der Waals surface area contributed by atoms with Crippen LogP contribution in [0.5, 0.6) is 0 Å². The third kappa shape index (κ3) is 5.66. The van der Waals surface area contributed by atoms with Gasteiger partial charge in [-0.2, -0.15) is 0 Å². The van der Waals surface area contributed by atoms with E-state index < -0.39 is 18.0 Å². The molecule has 1 fully saturated rings. The highest BCUT2D eigenvalue weighted by Gasteiger charge is 2.32. The molecule has 4 rings (SSSR count). The van der Waals surface area contributed by atoms with E-state index in [1.165, 1.54) is 22.3 Å². The van der Waals surface area contributed by atoms with Crippen LogP contribution in [0.3, 0.4) is 0 Å². The van der Waals surface area contributed by atoms with Gasteiger partial charge >= 0.3 is 12.1 Å². The molecule has 0 aliphatic heterocycles. The van der Waals surface area contributed by atoms with Gasteiger partial charge in [0, 0.05) is 31.5 Å². The van der Waals surface area contributed by atoms with E-state index in [9.17, 15) is 14.4 Å². The number of benzene rings is 2. The van der Waals surface area contributed by atoms with Crippen LogP contribution in [0, 0.1) is 11.8 Å². The fourth-order valence-electron chi connectivity index (χ4n) is 5.39. The molecule has 2 aromatic carbocycles. The zero-order chi connectivity index (χ0) is 24.9. The Bertz CT molecular complexity index is 1040. The Kier molecular flexibility index (Phi) is 7.73. The predicted octanol–water partition coefficient (Wildman–Crippen LogP) is 4.65. The molecule has 0 aromatic heterocycles. The van der Waals surface area contributed by atoms with E-state index in [0.29, 0.717) is 13.0 Å². The van der Waals surface area contributed by atoms with Crippen LogP contribution in [0.4, 0.5) is 4.79 Å². The summed E-state index contributed by atoms with van der Waals surface area (Å²) < 4.78 is 5.66. The lowest BCUT2D eigenvalue weighted by molar-refractivity contribution is -0.143. The molecule has 7 nitrogen and oxygen atoms in total. The maximum Gasteiger partial charge on any atom is 0.407 e. The lowest BCUT2D eigenvalue weighted by Gasteiger charge is -2.24. The summed E-state index contributed by atoms with van der Waals surface area (Å²) in [6.45, 7) is 4.47. The fraction of sp³-hybridized carbons (Fsp3) is 0.464. The molecule has 7 heteroatoms. The van der Waals surface area contributed by atoms with Gasteiger partial charge in [-0.15, -0.1) is 0 Å². The average molecular weight is 479 g/mol. The molecule has 0 radical (unpaired) electrons. The third-order valence-electron chi connectivity index (χ3n) is 7.32. The quantitative estimate of drug-likeness (QED) is 0.547. The van der Waals surface area contributed by atoms with Gasteiger partial charge in [0.1, 0.15) is 6.61 Å². The number of hydrogen-bond donors (Lipinski definition) is 2. The van der Waals surface area contributed by atoms with Crippen LogP contribution in [0.25, 0.3) is 11.1 Å². The number of hydrogen-bond acceptors (Lipinski definition) is 4. The molecule has 1 saturated carbocycles. The number of nitrogens with one attached hydrogen (secondary N) is 1. The van der Waals surface area contributed by atoms with Crippen LogP contribution in [0.15, 0.2) is 48.5 Å². The molecule has 0 bridgehead atoms. The first-order valence-corrected chi connectivity index (χ1v) is 12.5. The minimum absolute atomic E-state index is 0.0172. The number of carboxylic acids is 1. The Morgan fingerprint density at radius 3 is 2.29 bits per heavy atom. The Labute approximate surface area is 206 Å². The number of rotatable bonds is 9. The van der Waals surface area contributed by atoms with Crippen molar-refractivity contribution in [1.29, 1.82) is 0 Å². The van der Waals surface area contributed by atoms with Crippen molar-refractivity contribution in [3.63, 3.8) is 0 Å². The molecule has 0 heterocycles. The Morgan fingerprint density at radius 1 is 1.06 bits per heavy atom. The van der Waals surface area contributed by atoms with Gasteiger partial charge in [-0.05, 0) is 54.4 Å². The summed E-state index contributed by atoms with van der Waals surface area (Å²) in [5.74, 6) is -1.31. The maximum absolute atomic E-state index is 12.7. The first-order valence-electron chi connectivity index (χ1n) is 12.5. The number of fused-ring (bicyclic) bond motifs is 3. The molecule has 2 N–H and O–H groups in total. The Morgan fingerprint density at radius 2 is 1.69 bits per heavy atom. The summed E-state index contributed by atoms with van der Waals surface area (Å²) in [6, 6.07) is 16.5. The largest absolute Gasteiger partial charge is 0.481 e. The summed E-state index contributed by atoms with van der Waals surface area (Å²) in [5.41, 5.74) is 4.75. The lowest BCUT2D eigenvalue weighted by Crippen LogP contribution is -2.37. The van der Waals surface area contributed by atoms with Crippen molar-refractivity contribution >= 4 is 18.0 Å². The van der Waals surface area contributed by atoms with E-state index in [0.717, 1.165) is 19.3 Å². The van der Waals surface area contributed by atoms with Crippen molar-refractivity contribution in [2.45, 2.75) is 51.5 Å². The number of carbonyl (C=O) groups excluding carboxylic acids is 2. The first kappa shape index (κ1) is 24.8. The second kappa shape index (κ2) is 10.9. The van der Waals surface area contributed by atoms with Gasteiger partial charge in [0.2, 0.25) is 5.91 Å². The van der Waals surface area contributed by atoms with Crippen LogP contribution in [-0.4, -0.2) is 53.7 Å². The van der Waals surface area contributed by atoms with Gasteiger partial charge in [-0.3, -0.25) is 9.59 Å². The molecule has 2 aliphatic rings. The standard InChI is InChI=1S/C28H34N2O5/c1-3-30(16-18(2)27(32)33)26(31)15-19-12-13-20(14-19)29-28(34)35-17-25-23-10-6-4-8-21(23)22-9-5-7-11-24(22)25/h4-11,18-20,25H,3,12-17H2,1-2H3,(H,29,34)(H,32,33)/t18?,19-,20+/m0/s1. The fourth-order valence-corrected chi connectivity index (χ4v) is 5.39. The van der Waals surface area contributed by atoms with Crippen LogP contribution in [-0.2, 0) is 14.3 Å². The number of ether oxygens (including phenoxy) is 1. The predicted molar refractivity (Wildman–Crippen MR) is 133 cm³/mol. The molecule has 2 aromatic rings. The molecule has 2 amide bonds. The summed E-state index contributed by atoms with van der Waals surface area (Å²) in [4.78, 5) is 38.0. The van der Waals surface area contributed by atoms with Gasteiger partial charge in [-0.1, -0.05) is 55.5 Å². The van der Waals surface area contributed by atoms with Crippen molar-refractivity contribution in [2.24, 2.45) is 11.8 Å². The molecule has 186 valence electrons. The molecule has 0 spiro atoms. The van der Waals surface area contributed by atoms with Gasteiger partial charge in [-0.25, -0.2) is 4.79 Å². The number of aliphatic carboxylic acids is 1. The monoisotopic (exact) mass is 478 g/mol. The second-order valence-corrected chi connectivity index (χ2v) is 9.72. The topological polar surface area (TPSA) is 95.9 Å². The minimum Gasteiger partial charge on any atom is -0.481 e. The normalized spacial score (nSPS) is 19.5. The van der Waals surface area contributed by atoms with E-state index in [1.54, 1.807) is 11.8 Å². The summed E-state index contributed by atoms with van der Waals surface area (Å²) in [7, 11) is 0. The maximum atomic E-state index is 12.7. The van der Waals surface area contributed by atoms with Crippen molar-refractivity contribution in [3.8, 4) is 11.1 Å². The number of nitrogens with zero attached hydrogens (tertiary/aromatic N) is 1. The number of alkyl carbamates (subject to hydrolysis) is 1. The van der Waals surface area contributed by atoms with Gasteiger partial charge in [0.15, 0.2) is 0 Å². The van der Waals surface area contributed by atoms with Gasteiger partial charge in [0.05, 0.1) is 5.92 Å². The smallest absolute Gasteiger partial charge is 0.407 e. The van der Waals surface area contributed by atoms with E-state index in [-0.39, 0.29) is 36.9 Å². The Hall–Kier alpha value is -3.35. The summed E-state index contributed by atoms with van der Waals surface area (Å²) >= 11 is 0. The summed E-state index contributed by atoms with van der Waals surface area (Å²) in [5, 5.41) is 12.1.